The topological polar surface area (TPSA) is 0 Å². The van der Waals surface area contributed by atoms with Crippen LogP contribution in [0.15, 0.2) is 0 Å². The Morgan fingerprint density at radius 3 is 2.00 bits per heavy atom. The van der Waals surface area contributed by atoms with Crippen LogP contribution in [0.3, 0.4) is 0 Å². The molecule has 0 rings (SSSR count). The molecule has 1 unspecified atom stereocenters. The molecule has 0 heterocycles. The van der Waals surface area contributed by atoms with E-state index in [4.69, 9.17) is 11.6 Å². The summed E-state index contributed by atoms with van der Waals surface area (Å²) in [5, 5.41) is 0. The van der Waals surface area contributed by atoms with E-state index in [1.165, 1.54) is 12.3 Å². The van der Waals surface area contributed by atoms with Gasteiger partial charge in [0.15, 0.2) is 0 Å². The van der Waals surface area contributed by atoms with E-state index >= 15 is 0 Å². The number of alkyl halides is 1. The summed E-state index contributed by atoms with van der Waals surface area (Å²) in [4.78, 5) is 0. The fraction of sp³-hybridized carbons (Fsp3) is 0.857. The zero-order valence-corrected chi connectivity index (χ0v) is 6.63. The third-order valence-electron chi connectivity index (χ3n) is 1.50. The van der Waals surface area contributed by atoms with Crippen molar-refractivity contribution in [3.05, 3.63) is 5.92 Å². The molecule has 0 saturated heterocycles. The second kappa shape index (κ2) is 4.20. The molecular formula is C7H14Cl. The highest BCUT2D eigenvalue weighted by Gasteiger charge is 2.08. The molecule has 0 aromatic rings. The number of rotatable bonds is 3. The number of hydrogen-bond acceptors (Lipinski definition) is 0. The van der Waals surface area contributed by atoms with E-state index in [1.54, 1.807) is 0 Å². The standard InChI is InChI=1S/C7H14Cl/c1-4-7(5-8)6(2)3/h7H,4-5H2,1-3H3. The Labute approximate surface area is 57.2 Å². The first-order valence-electron chi connectivity index (χ1n) is 3.08. The van der Waals surface area contributed by atoms with Crippen molar-refractivity contribution in [3.63, 3.8) is 0 Å². The van der Waals surface area contributed by atoms with Gasteiger partial charge in [0.05, 0.1) is 0 Å². The third-order valence-corrected chi connectivity index (χ3v) is 1.87. The lowest BCUT2D eigenvalue weighted by atomic mass is 9.96. The van der Waals surface area contributed by atoms with Gasteiger partial charge in [-0.2, -0.15) is 0 Å². The lowest BCUT2D eigenvalue weighted by Gasteiger charge is -2.13. The van der Waals surface area contributed by atoms with Crippen LogP contribution in [0.1, 0.15) is 27.2 Å². The van der Waals surface area contributed by atoms with Crippen LogP contribution in [-0.2, 0) is 0 Å². The number of hydrogen-bond donors (Lipinski definition) is 0. The zero-order valence-electron chi connectivity index (χ0n) is 5.87. The normalized spacial score (nSPS) is 14.6. The van der Waals surface area contributed by atoms with Gasteiger partial charge in [0.1, 0.15) is 0 Å². The Hall–Kier alpha value is 0.290. The molecule has 0 spiro atoms. The molecule has 8 heavy (non-hydrogen) atoms. The third kappa shape index (κ3) is 2.56. The van der Waals surface area contributed by atoms with Crippen LogP contribution in [0.5, 0.6) is 0 Å². The largest absolute Gasteiger partial charge is 0.126 e. The van der Waals surface area contributed by atoms with Crippen molar-refractivity contribution in [1.82, 2.24) is 0 Å². The maximum Gasteiger partial charge on any atom is 0.0256 e. The Kier molecular flexibility index (Phi) is 4.35. The highest BCUT2D eigenvalue weighted by Crippen LogP contribution is 2.17. The minimum Gasteiger partial charge on any atom is -0.126 e. The summed E-state index contributed by atoms with van der Waals surface area (Å²) in [6.45, 7) is 6.44. The molecular weight excluding hydrogens is 120 g/mol. The van der Waals surface area contributed by atoms with Gasteiger partial charge in [0, 0.05) is 5.88 Å². The Morgan fingerprint density at radius 2 is 2.00 bits per heavy atom. The molecule has 0 aliphatic heterocycles. The molecule has 0 aliphatic rings. The van der Waals surface area contributed by atoms with Gasteiger partial charge in [-0.3, -0.25) is 0 Å². The van der Waals surface area contributed by atoms with Crippen LogP contribution in [-0.4, -0.2) is 5.88 Å². The molecule has 0 aromatic carbocycles. The quantitative estimate of drug-likeness (QED) is 0.520. The molecule has 0 nitrogen and oxygen atoms in total. The summed E-state index contributed by atoms with van der Waals surface area (Å²) in [6, 6.07) is 0. The Bertz CT molecular complexity index is 46.3. The highest BCUT2D eigenvalue weighted by atomic mass is 35.5. The molecule has 0 saturated carbocycles. The van der Waals surface area contributed by atoms with Gasteiger partial charge in [0.25, 0.3) is 0 Å². The minimum atomic E-state index is 0.636. The molecule has 1 radical (unpaired) electrons. The van der Waals surface area contributed by atoms with E-state index in [9.17, 15) is 0 Å². The first-order valence-corrected chi connectivity index (χ1v) is 3.61. The maximum atomic E-state index is 5.64. The van der Waals surface area contributed by atoms with Gasteiger partial charge in [-0.1, -0.05) is 27.2 Å². The molecule has 1 heteroatoms. The van der Waals surface area contributed by atoms with E-state index in [0.717, 1.165) is 5.88 Å². The molecule has 49 valence electrons. The fourth-order valence-electron chi connectivity index (χ4n) is 0.672. The maximum absolute atomic E-state index is 5.64. The van der Waals surface area contributed by atoms with Crippen LogP contribution >= 0.6 is 11.6 Å². The first kappa shape index (κ1) is 8.29. The van der Waals surface area contributed by atoms with Gasteiger partial charge in [0.2, 0.25) is 0 Å². The molecule has 0 bridgehead atoms. The van der Waals surface area contributed by atoms with Crippen LogP contribution in [0.4, 0.5) is 0 Å². The highest BCUT2D eigenvalue weighted by molar-refractivity contribution is 6.18. The lowest BCUT2D eigenvalue weighted by Crippen LogP contribution is -2.06. The van der Waals surface area contributed by atoms with Crippen LogP contribution in [0.2, 0.25) is 0 Å². The molecule has 0 aromatic heterocycles. The van der Waals surface area contributed by atoms with Gasteiger partial charge in [-0.15, -0.1) is 11.6 Å². The Morgan fingerprint density at radius 1 is 1.50 bits per heavy atom. The minimum absolute atomic E-state index is 0.636. The van der Waals surface area contributed by atoms with Crippen molar-refractivity contribution in [1.29, 1.82) is 0 Å². The van der Waals surface area contributed by atoms with E-state index in [0.29, 0.717) is 5.92 Å². The summed E-state index contributed by atoms with van der Waals surface area (Å²) in [6.07, 6.45) is 1.17. The summed E-state index contributed by atoms with van der Waals surface area (Å²) in [5.74, 6) is 2.86. The lowest BCUT2D eigenvalue weighted by molar-refractivity contribution is 0.589. The van der Waals surface area contributed by atoms with Crippen molar-refractivity contribution in [2.45, 2.75) is 27.2 Å². The van der Waals surface area contributed by atoms with Crippen LogP contribution in [0, 0.1) is 11.8 Å². The van der Waals surface area contributed by atoms with Crippen molar-refractivity contribution in [3.8, 4) is 0 Å². The molecule has 0 fully saturated rings. The number of halogens is 1. The van der Waals surface area contributed by atoms with E-state index in [2.05, 4.69) is 20.8 Å². The predicted octanol–water partition coefficient (Wildman–Crippen LogP) is 2.87. The van der Waals surface area contributed by atoms with Crippen molar-refractivity contribution >= 4 is 11.6 Å². The average Bonchev–Trinajstić information content (AvgIpc) is 1.69. The fourth-order valence-corrected chi connectivity index (χ4v) is 1.20. The van der Waals surface area contributed by atoms with Crippen molar-refractivity contribution < 1.29 is 0 Å². The molecule has 1 atom stereocenters. The smallest absolute Gasteiger partial charge is 0.0256 e. The molecule has 0 aliphatic carbocycles. The summed E-state index contributed by atoms with van der Waals surface area (Å²) >= 11 is 5.64. The Balaban J connectivity index is 3.35. The average molecular weight is 134 g/mol. The molecule has 0 N–H and O–H groups in total. The predicted molar refractivity (Wildman–Crippen MR) is 39.1 cm³/mol. The zero-order chi connectivity index (χ0) is 6.57. The second-order valence-electron chi connectivity index (χ2n) is 2.34. The summed E-state index contributed by atoms with van der Waals surface area (Å²) in [7, 11) is 0. The SMILES string of the molecule is CCC(CCl)[C](C)C. The van der Waals surface area contributed by atoms with E-state index in [1.807, 2.05) is 0 Å². The van der Waals surface area contributed by atoms with Gasteiger partial charge < -0.3 is 0 Å². The van der Waals surface area contributed by atoms with Crippen molar-refractivity contribution in [2.24, 2.45) is 5.92 Å². The van der Waals surface area contributed by atoms with E-state index in [-0.39, 0.29) is 0 Å². The van der Waals surface area contributed by atoms with E-state index < -0.39 is 0 Å². The summed E-state index contributed by atoms with van der Waals surface area (Å²) < 4.78 is 0. The second-order valence-corrected chi connectivity index (χ2v) is 2.65. The summed E-state index contributed by atoms with van der Waals surface area (Å²) in [5.41, 5.74) is 0. The van der Waals surface area contributed by atoms with Crippen LogP contribution < -0.4 is 0 Å². The first-order chi connectivity index (χ1) is 3.72. The van der Waals surface area contributed by atoms with Crippen LogP contribution in [0.25, 0.3) is 0 Å². The van der Waals surface area contributed by atoms with Crippen molar-refractivity contribution in [2.75, 3.05) is 5.88 Å². The van der Waals surface area contributed by atoms with Gasteiger partial charge >= 0.3 is 0 Å². The monoisotopic (exact) mass is 133 g/mol. The molecule has 0 amide bonds. The van der Waals surface area contributed by atoms with Gasteiger partial charge in [-0.05, 0) is 11.8 Å². The van der Waals surface area contributed by atoms with Gasteiger partial charge in [-0.25, -0.2) is 0 Å².